The van der Waals surface area contributed by atoms with Gasteiger partial charge in [-0.15, -0.1) is 11.3 Å². The Balaban J connectivity index is 1.45. The van der Waals surface area contributed by atoms with Crippen molar-refractivity contribution in [3.8, 4) is 27.8 Å². The fourth-order valence-corrected chi connectivity index (χ4v) is 4.30. The number of nitrogens with zero attached hydrogens (tertiary/aromatic N) is 2. The zero-order valence-corrected chi connectivity index (χ0v) is 18.8. The molecule has 1 amide bonds. The third-order valence-electron chi connectivity index (χ3n) is 5.33. The first kappa shape index (κ1) is 21.2. The van der Waals surface area contributed by atoms with Crippen LogP contribution < -0.4 is 14.2 Å². The Hall–Kier alpha value is -3.06. The van der Waals surface area contributed by atoms with Gasteiger partial charge in [0.15, 0.2) is 11.5 Å². The second-order valence-electron chi connectivity index (χ2n) is 7.49. The molecule has 3 aromatic rings. The molecule has 1 aliphatic rings. The van der Waals surface area contributed by atoms with E-state index in [-0.39, 0.29) is 5.91 Å². The van der Waals surface area contributed by atoms with E-state index >= 15 is 0 Å². The van der Waals surface area contributed by atoms with Gasteiger partial charge in [-0.25, -0.2) is 4.98 Å². The second-order valence-corrected chi connectivity index (χ2v) is 8.35. The monoisotopic (exact) mass is 438 g/mol. The predicted molar refractivity (Wildman–Crippen MR) is 121 cm³/mol. The van der Waals surface area contributed by atoms with E-state index in [0.717, 1.165) is 40.4 Å². The smallest absolute Gasteiger partial charge is 0.229 e. The average Bonchev–Trinajstić information content (AvgIpc) is 3.55. The molecule has 7 heteroatoms. The Morgan fingerprint density at radius 1 is 1.03 bits per heavy atom. The van der Waals surface area contributed by atoms with Crippen LogP contribution in [0.5, 0.6) is 17.2 Å². The number of amides is 1. The summed E-state index contributed by atoms with van der Waals surface area (Å²) in [6.45, 7) is 0.611. The van der Waals surface area contributed by atoms with Gasteiger partial charge in [0.25, 0.3) is 0 Å². The van der Waals surface area contributed by atoms with E-state index in [1.54, 1.807) is 21.3 Å². The molecule has 1 saturated carbocycles. The van der Waals surface area contributed by atoms with Gasteiger partial charge < -0.3 is 19.1 Å². The molecule has 31 heavy (non-hydrogen) atoms. The zero-order chi connectivity index (χ0) is 21.8. The number of thiazole rings is 1. The third-order valence-corrected chi connectivity index (χ3v) is 6.27. The minimum absolute atomic E-state index is 0.113. The van der Waals surface area contributed by atoms with Gasteiger partial charge in [0.1, 0.15) is 10.8 Å². The van der Waals surface area contributed by atoms with Gasteiger partial charge in [-0.2, -0.15) is 0 Å². The van der Waals surface area contributed by atoms with Crippen LogP contribution in [0.25, 0.3) is 10.6 Å². The second kappa shape index (κ2) is 9.39. The first-order valence-corrected chi connectivity index (χ1v) is 11.1. The van der Waals surface area contributed by atoms with E-state index in [1.807, 2.05) is 52.7 Å². The molecular weight excluding hydrogens is 412 g/mol. The topological polar surface area (TPSA) is 60.9 Å². The van der Waals surface area contributed by atoms with E-state index in [2.05, 4.69) is 0 Å². The molecule has 1 heterocycles. The van der Waals surface area contributed by atoms with Crippen LogP contribution in [0.1, 0.15) is 24.1 Å². The van der Waals surface area contributed by atoms with E-state index < -0.39 is 0 Å². The molecule has 0 aliphatic heterocycles. The molecule has 0 saturated heterocycles. The van der Waals surface area contributed by atoms with Crippen LogP contribution in [-0.4, -0.2) is 43.2 Å². The lowest BCUT2D eigenvalue weighted by Crippen LogP contribution is -2.33. The summed E-state index contributed by atoms with van der Waals surface area (Å²) in [7, 11) is 4.88. The summed E-state index contributed by atoms with van der Waals surface area (Å²) >= 11 is 1.53. The van der Waals surface area contributed by atoms with E-state index in [4.69, 9.17) is 19.2 Å². The Kier molecular flexibility index (Phi) is 6.42. The largest absolute Gasteiger partial charge is 0.497 e. The highest BCUT2D eigenvalue weighted by molar-refractivity contribution is 7.13. The maximum absolute atomic E-state index is 13.1. The predicted octanol–water partition coefficient (Wildman–Crippen LogP) is 4.57. The van der Waals surface area contributed by atoms with Crippen molar-refractivity contribution in [2.24, 2.45) is 0 Å². The Morgan fingerprint density at radius 2 is 1.77 bits per heavy atom. The van der Waals surface area contributed by atoms with Crippen molar-refractivity contribution in [1.82, 2.24) is 9.88 Å². The molecular formula is C24H26N2O4S. The summed E-state index contributed by atoms with van der Waals surface area (Å²) in [6, 6.07) is 13.9. The summed E-state index contributed by atoms with van der Waals surface area (Å²) in [5, 5.41) is 2.82. The van der Waals surface area contributed by atoms with Crippen molar-refractivity contribution in [2.45, 2.75) is 31.8 Å². The molecule has 162 valence electrons. The summed E-state index contributed by atoms with van der Waals surface area (Å²) < 4.78 is 15.9. The minimum atomic E-state index is 0.113. The quantitative estimate of drug-likeness (QED) is 0.490. The normalized spacial score (nSPS) is 13.0. The number of hydrogen-bond acceptors (Lipinski definition) is 6. The van der Waals surface area contributed by atoms with Crippen molar-refractivity contribution in [3.05, 3.63) is 59.1 Å². The number of carbonyl (C=O) groups is 1. The molecule has 6 nitrogen and oxygen atoms in total. The van der Waals surface area contributed by atoms with Gasteiger partial charge in [-0.3, -0.25) is 4.79 Å². The molecule has 2 aromatic carbocycles. The summed E-state index contributed by atoms with van der Waals surface area (Å²) in [6.07, 6.45) is 2.43. The van der Waals surface area contributed by atoms with Gasteiger partial charge in [0, 0.05) is 23.5 Å². The van der Waals surface area contributed by atoms with Gasteiger partial charge in [0.2, 0.25) is 5.91 Å². The van der Waals surface area contributed by atoms with Crippen molar-refractivity contribution >= 4 is 17.2 Å². The molecule has 0 spiro atoms. The highest BCUT2D eigenvalue weighted by Crippen LogP contribution is 2.34. The number of benzene rings is 2. The van der Waals surface area contributed by atoms with Crippen molar-refractivity contribution in [1.29, 1.82) is 0 Å². The highest BCUT2D eigenvalue weighted by Gasteiger charge is 2.32. The first-order valence-electron chi connectivity index (χ1n) is 10.2. The number of rotatable bonds is 9. The number of carbonyl (C=O) groups excluding carboxylic acids is 1. The van der Waals surface area contributed by atoms with Crippen LogP contribution in [0, 0.1) is 0 Å². The standard InChI is InChI=1S/C24H26N2O4S/c1-28-20-9-4-16(5-10-20)14-26(19-7-8-19)23(27)13-18-15-31-24(25-18)17-6-11-21(29-2)22(12-17)30-3/h4-6,9-12,15,19H,7-8,13-14H2,1-3H3. The van der Waals surface area contributed by atoms with Gasteiger partial charge in [0.05, 0.1) is 33.4 Å². The van der Waals surface area contributed by atoms with Crippen molar-refractivity contribution < 1.29 is 19.0 Å². The van der Waals surface area contributed by atoms with Crippen molar-refractivity contribution in [3.63, 3.8) is 0 Å². The van der Waals surface area contributed by atoms with Gasteiger partial charge in [-0.1, -0.05) is 12.1 Å². The van der Waals surface area contributed by atoms with E-state index in [0.29, 0.717) is 30.5 Å². The SMILES string of the molecule is COc1ccc(CN(C(=O)Cc2csc(-c3ccc(OC)c(OC)c3)n2)C2CC2)cc1. The van der Waals surface area contributed by atoms with Gasteiger partial charge in [-0.05, 0) is 48.7 Å². The summed E-state index contributed by atoms with van der Waals surface area (Å²) in [5.74, 6) is 2.27. The van der Waals surface area contributed by atoms with E-state index in [1.165, 1.54) is 11.3 Å². The van der Waals surface area contributed by atoms with Crippen LogP contribution in [-0.2, 0) is 17.8 Å². The average molecular weight is 439 g/mol. The van der Waals surface area contributed by atoms with Crippen LogP contribution in [0.4, 0.5) is 0 Å². The molecule has 4 rings (SSSR count). The van der Waals surface area contributed by atoms with Crippen molar-refractivity contribution in [2.75, 3.05) is 21.3 Å². The highest BCUT2D eigenvalue weighted by atomic mass is 32.1. The number of methoxy groups -OCH3 is 3. The molecule has 0 N–H and O–H groups in total. The number of hydrogen-bond donors (Lipinski definition) is 0. The maximum atomic E-state index is 13.1. The van der Waals surface area contributed by atoms with Crippen LogP contribution >= 0.6 is 11.3 Å². The molecule has 0 unspecified atom stereocenters. The lowest BCUT2D eigenvalue weighted by molar-refractivity contribution is -0.131. The lowest BCUT2D eigenvalue weighted by Gasteiger charge is -2.22. The summed E-state index contributed by atoms with van der Waals surface area (Å²) in [5.41, 5.74) is 2.84. The molecule has 0 atom stereocenters. The third kappa shape index (κ3) is 4.99. The van der Waals surface area contributed by atoms with E-state index in [9.17, 15) is 4.79 Å². The Labute approximate surface area is 186 Å². The lowest BCUT2D eigenvalue weighted by atomic mass is 10.2. The Bertz CT molecular complexity index is 1040. The number of ether oxygens (including phenoxy) is 3. The van der Waals surface area contributed by atoms with Crippen LogP contribution in [0.3, 0.4) is 0 Å². The van der Waals surface area contributed by atoms with Crippen LogP contribution in [0.15, 0.2) is 47.8 Å². The minimum Gasteiger partial charge on any atom is -0.497 e. The molecule has 1 fully saturated rings. The first-order chi connectivity index (χ1) is 15.1. The maximum Gasteiger partial charge on any atom is 0.229 e. The number of aromatic nitrogens is 1. The fourth-order valence-electron chi connectivity index (χ4n) is 3.48. The van der Waals surface area contributed by atoms with Crippen LogP contribution in [0.2, 0.25) is 0 Å². The van der Waals surface area contributed by atoms with Gasteiger partial charge >= 0.3 is 0 Å². The fraction of sp³-hybridized carbons (Fsp3) is 0.333. The molecule has 0 radical (unpaired) electrons. The molecule has 1 aromatic heterocycles. The zero-order valence-electron chi connectivity index (χ0n) is 18.0. The molecule has 0 bridgehead atoms. The molecule has 1 aliphatic carbocycles. The summed E-state index contributed by atoms with van der Waals surface area (Å²) in [4.78, 5) is 19.8. The Morgan fingerprint density at radius 3 is 2.42 bits per heavy atom.